The number of sulfonamides is 1. The van der Waals surface area contributed by atoms with Crippen molar-refractivity contribution in [2.45, 2.75) is 31.5 Å². The Morgan fingerprint density at radius 3 is 2.70 bits per heavy atom. The summed E-state index contributed by atoms with van der Waals surface area (Å²) in [6.07, 6.45) is 1.54. The molecule has 8 heteroatoms. The zero-order valence-corrected chi connectivity index (χ0v) is 14.1. The third-order valence-electron chi connectivity index (χ3n) is 2.83. The predicted molar refractivity (Wildman–Crippen MR) is 82.1 cm³/mol. The van der Waals surface area contributed by atoms with Crippen LogP contribution in [-0.2, 0) is 29.7 Å². The van der Waals surface area contributed by atoms with Gasteiger partial charge in [-0.25, -0.2) is 13.1 Å². The van der Waals surface area contributed by atoms with Gasteiger partial charge in [-0.05, 0) is 35.0 Å². The van der Waals surface area contributed by atoms with Crippen molar-refractivity contribution in [3.8, 4) is 0 Å². The molecule has 0 aliphatic carbocycles. The van der Waals surface area contributed by atoms with Gasteiger partial charge in [-0.15, -0.1) is 11.3 Å². The third-order valence-corrected chi connectivity index (χ3v) is 5.90. The highest BCUT2D eigenvalue weighted by atomic mass is 79.9. The van der Waals surface area contributed by atoms with Crippen molar-refractivity contribution >= 4 is 37.3 Å². The third kappa shape index (κ3) is 3.50. The maximum absolute atomic E-state index is 12.2. The fourth-order valence-electron chi connectivity index (χ4n) is 1.79. The van der Waals surface area contributed by atoms with Gasteiger partial charge in [-0.3, -0.25) is 0 Å². The van der Waals surface area contributed by atoms with E-state index < -0.39 is 10.0 Å². The molecule has 0 atom stereocenters. The fourth-order valence-corrected chi connectivity index (χ4v) is 4.35. The summed E-state index contributed by atoms with van der Waals surface area (Å²) in [5.41, 5.74) is 0.590. The van der Waals surface area contributed by atoms with Gasteiger partial charge in [0.2, 0.25) is 10.0 Å². The van der Waals surface area contributed by atoms with Crippen LogP contribution in [0.3, 0.4) is 0 Å². The minimum Gasteiger partial charge on any atom is -0.390 e. The van der Waals surface area contributed by atoms with Gasteiger partial charge >= 0.3 is 0 Å². The summed E-state index contributed by atoms with van der Waals surface area (Å²) >= 11 is 4.81. The Balaban J connectivity index is 2.15. The molecule has 0 bridgehead atoms. The molecule has 0 fully saturated rings. The molecule has 2 rings (SSSR count). The second-order valence-corrected chi connectivity index (χ2v) is 7.85. The average molecular weight is 379 g/mol. The van der Waals surface area contributed by atoms with Crippen LogP contribution >= 0.6 is 27.3 Å². The summed E-state index contributed by atoms with van der Waals surface area (Å²) in [6, 6.07) is 3.37. The maximum Gasteiger partial charge on any atom is 0.242 e. The second-order valence-electron chi connectivity index (χ2n) is 4.17. The molecule has 0 aromatic carbocycles. The number of hydrogen-bond acceptors (Lipinski definition) is 4. The standard InChI is InChI=1S/C12H15BrN2O3S2/c1-2-15-6-12(4-10(15)7-16)20(17,18)14-5-11-3-9(13)8-19-11/h3-4,6,8,14,16H,2,5,7H2,1H3. The van der Waals surface area contributed by atoms with Gasteiger partial charge in [0.15, 0.2) is 0 Å². The van der Waals surface area contributed by atoms with Crippen molar-refractivity contribution in [1.82, 2.24) is 9.29 Å². The van der Waals surface area contributed by atoms with Gasteiger partial charge in [0.05, 0.1) is 11.5 Å². The Hall–Kier alpha value is -0.670. The van der Waals surface area contributed by atoms with E-state index in [1.54, 1.807) is 4.57 Å². The highest BCUT2D eigenvalue weighted by Gasteiger charge is 2.18. The number of aliphatic hydroxyl groups excluding tert-OH is 1. The molecule has 0 spiro atoms. The molecule has 0 saturated heterocycles. The number of aryl methyl sites for hydroxylation is 1. The number of nitrogens with one attached hydrogen (secondary N) is 1. The smallest absolute Gasteiger partial charge is 0.242 e. The second kappa shape index (κ2) is 6.40. The van der Waals surface area contributed by atoms with Crippen LogP contribution in [0.5, 0.6) is 0 Å². The molecule has 0 unspecified atom stereocenters. The Kier molecular flexibility index (Phi) is 5.03. The lowest BCUT2D eigenvalue weighted by Gasteiger charge is -2.03. The Morgan fingerprint density at radius 1 is 1.45 bits per heavy atom. The van der Waals surface area contributed by atoms with Crippen LogP contribution in [0.25, 0.3) is 0 Å². The number of rotatable bonds is 6. The van der Waals surface area contributed by atoms with Gasteiger partial charge in [-0.1, -0.05) is 0 Å². The van der Waals surface area contributed by atoms with Crippen LogP contribution in [0.4, 0.5) is 0 Å². The van der Waals surface area contributed by atoms with Crippen LogP contribution < -0.4 is 4.72 Å². The summed E-state index contributed by atoms with van der Waals surface area (Å²) in [5, 5.41) is 11.1. The van der Waals surface area contributed by atoms with E-state index in [4.69, 9.17) is 0 Å². The molecule has 2 N–H and O–H groups in total. The number of thiophene rings is 1. The van der Waals surface area contributed by atoms with Gasteiger partial charge in [0.25, 0.3) is 0 Å². The lowest BCUT2D eigenvalue weighted by Crippen LogP contribution is -2.22. The number of hydrogen-bond donors (Lipinski definition) is 2. The average Bonchev–Trinajstić information content (AvgIpc) is 3.02. The van der Waals surface area contributed by atoms with Crippen molar-refractivity contribution in [1.29, 1.82) is 0 Å². The van der Waals surface area contributed by atoms with Crippen LogP contribution in [-0.4, -0.2) is 18.1 Å². The Labute approximate surface area is 130 Å². The fraction of sp³-hybridized carbons (Fsp3) is 0.333. The molecule has 0 amide bonds. The molecule has 0 aliphatic rings. The van der Waals surface area contributed by atoms with Crippen molar-refractivity contribution in [3.05, 3.63) is 38.8 Å². The normalized spacial score (nSPS) is 11.9. The molecule has 5 nitrogen and oxygen atoms in total. The van der Waals surface area contributed by atoms with Crippen molar-refractivity contribution in [3.63, 3.8) is 0 Å². The number of aromatic nitrogens is 1. The van der Waals surface area contributed by atoms with Crippen LogP contribution in [0.15, 0.2) is 33.1 Å². The van der Waals surface area contributed by atoms with Crippen molar-refractivity contribution in [2.75, 3.05) is 0 Å². The van der Waals surface area contributed by atoms with Crippen LogP contribution in [0.1, 0.15) is 17.5 Å². The summed E-state index contributed by atoms with van der Waals surface area (Å²) < 4.78 is 29.6. The minimum atomic E-state index is -3.56. The van der Waals surface area contributed by atoms with E-state index in [2.05, 4.69) is 20.7 Å². The van der Waals surface area contributed by atoms with E-state index in [-0.39, 0.29) is 18.0 Å². The first-order chi connectivity index (χ1) is 9.46. The van der Waals surface area contributed by atoms with E-state index in [9.17, 15) is 13.5 Å². The van der Waals surface area contributed by atoms with E-state index in [0.717, 1.165) is 9.35 Å². The lowest BCUT2D eigenvalue weighted by atomic mass is 10.4. The van der Waals surface area contributed by atoms with Crippen molar-refractivity contribution < 1.29 is 13.5 Å². The summed E-state index contributed by atoms with van der Waals surface area (Å²) in [6.45, 7) is 2.58. The first-order valence-corrected chi connectivity index (χ1v) is 9.14. The van der Waals surface area contributed by atoms with Gasteiger partial charge in [0.1, 0.15) is 0 Å². The summed E-state index contributed by atoms with van der Waals surface area (Å²) in [7, 11) is -3.56. The monoisotopic (exact) mass is 378 g/mol. The Morgan fingerprint density at radius 2 is 2.20 bits per heavy atom. The molecule has 110 valence electrons. The molecule has 0 radical (unpaired) electrons. The Bertz CT molecular complexity index is 670. The zero-order chi connectivity index (χ0) is 14.8. The quantitative estimate of drug-likeness (QED) is 0.809. The van der Waals surface area contributed by atoms with Gasteiger partial charge in [0, 0.05) is 39.7 Å². The number of aliphatic hydroxyl groups is 1. The maximum atomic E-state index is 12.2. The van der Waals surface area contributed by atoms with Crippen LogP contribution in [0.2, 0.25) is 0 Å². The summed E-state index contributed by atoms with van der Waals surface area (Å²) in [5.74, 6) is 0. The van der Waals surface area contributed by atoms with Crippen molar-refractivity contribution in [2.24, 2.45) is 0 Å². The molecular weight excluding hydrogens is 364 g/mol. The van der Waals surface area contributed by atoms with Gasteiger partial charge < -0.3 is 9.67 Å². The molecule has 0 saturated carbocycles. The van der Waals surface area contributed by atoms with Crippen LogP contribution in [0, 0.1) is 0 Å². The summed E-state index contributed by atoms with van der Waals surface area (Å²) in [4.78, 5) is 1.11. The predicted octanol–water partition coefficient (Wildman–Crippen LogP) is 2.30. The zero-order valence-electron chi connectivity index (χ0n) is 10.8. The van der Waals surface area contributed by atoms with E-state index in [0.29, 0.717) is 12.2 Å². The topological polar surface area (TPSA) is 71.3 Å². The number of halogens is 1. The largest absolute Gasteiger partial charge is 0.390 e. The van der Waals surface area contributed by atoms with E-state index in [1.165, 1.54) is 23.6 Å². The first kappa shape index (κ1) is 15.7. The number of nitrogens with zero attached hydrogens (tertiary/aromatic N) is 1. The van der Waals surface area contributed by atoms with E-state index in [1.807, 2.05) is 18.4 Å². The highest BCUT2D eigenvalue weighted by molar-refractivity contribution is 9.10. The first-order valence-electron chi connectivity index (χ1n) is 5.98. The molecule has 2 aromatic rings. The molecule has 2 aromatic heterocycles. The SMILES string of the molecule is CCn1cc(S(=O)(=O)NCc2cc(Br)cs2)cc1CO. The molecule has 20 heavy (non-hydrogen) atoms. The molecule has 0 aliphatic heterocycles. The molecular formula is C12H15BrN2O3S2. The highest BCUT2D eigenvalue weighted by Crippen LogP contribution is 2.20. The minimum absolute atomic E-state index is 0.179. The van der Waals surface area contributed by atoms with Gasteiger partial charge in [-0.2, -0.15) is 0 Å². The molecule has 2 heterocycles. The lowest BCUT2D eigenvalue weighted by molar-refractivity contribution is 0.271. The van der Waals surface area contributed by atoms with E-state index >= 15 is 0 Å².